The molecule has 2 heterocycles. The Morgan fingerprint density at radius 1 is 1.21 bits per heavy atom. The zero-order valence-corrected chi connectivity index (χ0v) is 18.8. The van der Waals surface area contributed by atoms with E-state index in [-0.39, 0.29) is 11.1 Å². The van der Waals surface area contributed by atoms with Crippen molar-refractivity contribution in [3.63, 3.8) is 0 Å². The van der Waals surface area contributed by atoms with Gasteiger partial charge in [-0.3, -0.25) is 14.3 Å². The van der Waals surface area contributed by atoms with Gasteiger partial charge in [-0.05, 0) is 27.6 Å². The number of rotatable bonds is 6. The number of nitrogens with zero attached hydrogens (tertiary/aromatic N) is 5. The number of ether oxygens (including phenoxy) is 3. The number of amides is 1. The van der Waals surface area contributed by atoms with Crippen molar-refractivity contribution in [2.45, 2.75) is 13.5 Å². The van der Waals surface area contributed by atoms with Crippen LogP contribution in [-0.2, 0) is 11.3 Å². The number of benzene rings is 1. The second kappa shape index (κ2) is 8.42. The molecule has 0 radical (unpaired) electrons. The summed E-state index contributed by atoms with van der Waals surface area (Å²) in [6.07, 6.45) is 1.35. The summed E-state index contributed by atoms with van der Waals surface area (Å²) in [7, 11) is 6.25. The molecule has 0 atom stereocenters. The molecule has 9 nitrogen and oxygen atoms in total. The van der Waals surface area contributed by atoms with Crippen LogP contribution in [0.5, 0.6) is 17.2 Å². The van der Waals surface area contributed by atoms with Crippen LogP contribution in [0.3, 0.4) is 0 Å². The molecule has 0 aliphatic rings. The van der Waals surface area contributed by atoms with Gasteiger partial charge >= 0.3 is 0 Å². The highest BCUT2D eigenvalue weighted by Gasteiger charge is 2.24. The molecule has 1 amide bonds. The van der Waals surface area contributed by atoms with Gasteiger partial charge in [-0.25, -0.2) is 15.0 Å². The molecule has 0 aliphatic carbocycles. The molecule has 1 aromatic carbocycles. The highest BCUT2D eigenvalue weighted by atomic mass is 79.9. The van der Waals surface area contributed by atoms with E-state index in [1.807, 2.05) is 6.07 Å². The van der Waals surface area contributed by atoms with Crippen LogP contribution in [0.25, 0.3) is 11.2 Å². The van der Waals surface area contributed by atoms with Crippen molar-refractivity contribution in [2.75, 3.05) is 33.3 Å². The minimum atomic E-state index is -0.186. The van der Waals surface area contributed by atoms with E-state index in [1.165, 1.54) is 25.3 Å². The summed E-state index contributed by atoms with van der Waals surface area (Å²) in [6, 6.07) is 1.82. The molecule has 0 saturated carbocycles. The summed E-state index contributed by atoms with van der Waals surface area (Å²) in [4.78, 5) is 26.2. The minimum absolute atomic E-state index is 0.186. The van der Waals surface area contributed by atoms with Crippen LogP contribution in [0.1, 0.15) is 12.5 Å². The molecule has 0 aliphatic heterocycles. The Labute approximate surface area is 180 Å². The van der Waals surface area contributed by atoms with Gasteiger partial charge in [0.1, 0.15) is 11.8 Å². The Morgan fingerprint density at radius 2 is 1.90 bits per heavy atom. The predicted octanol–water partition coefficient (Wildman–Crippen LogP) is 3.30. The molecule has 0 saturated heterocycles. The second-order valence-corrected chi connectivity index (χ2v) is 7.18. The van der Waals surface area contributed by atoms with Crippen molar-refractivity contribution in [2.24, 2.45) is 0 Å². The van der Waals surface area contributed by atoms with Gasteiger partial charge in [-0.2, -0.15) is 0 Å². The number of methoxy groups -OCH3 is 3. The number of carbonyl (C=O) groups excluding carboxylic acids is 1. The third-order valence-corrected chi connectivity index (χ3v) is 5.56. The van der Waals surface area contributed by atoms with Crippen LogP contribution < -0.4 is 19.1 Å². The maximum Gasteiger partial charge on any atom is 0.225 e. The van der Waals surface area contributed by atoms with Crippen molar-refractivity contribution in [1.29, 1.82) is 0 Å². The van der Waals surface area contributed by atoms with Crippen molar-refractivity contribution >= 4 is 50.6 Å². The third-order valence-electron chi connectivity index (χ3n) is 4.41. The first-order valence-corrected chi connectivity index (χ1v) is 9.59. The van der Waals surface area contributed by atoms with E-state index in [2.05, 4.69) is 30.9 Å². The lowest BCUT2D eigenvalue weighted by Gasteiger charge is -2.19. The summed E-state index contributed by atoms with van der Waals surface area (Å²) in [5.74, 6) is 1.65. The third kappa shape index (κ3) is 3.69. The Hall–Kier alpha value is -2.59. The molecule has 0 N–H and O–H groups in total. The molecular formula is C18H19BrClN5O4. The highest BCUT2D eigenvalue weighted by molar-refractivity contribution is 9.10. The smallest absolute Gasteiger partial charge is 0.225 e. The van der Waals surface area contributed by atoms with Gasteiger partial charge in [-0.15, -0.1) is 0 Å². The topological polar surface area (TPSA) is 91.6 Å². The lowest BCUT2D eigenvalue weighted by molar-refractivity contribution is -0.116. The van der Waals surface area contributed by atoms with E-state index in [0.717, 1.165) is 5.56 Å². The number of carbonyl (C=O) groups is 1. The number of aromatic nitrogens is 4. The molecular weight excluding hydrogens is 466 g/mol. The predicted molar refractivity (Wildman–Crippen MR) is 112 cm³/mol. The van der Waals surface area contributed by atoms with E-state index in [9.17, 15) is 4.79 Å². The fraction of sp³-hybridized carbons (Fsp3) is 0.333. The highest BCUT2D eigenvalue weighted by Crippen LogP contribution is 2.45. The summed E-state index contributed by atoms with van der Waals surface area (Å²) in [6.45, 7) is 1.75. The Bertz CT molecular complexity index is 1090. The molecule has 11 heteroatoms. The van der Waals surface area contributed by atoms with Crippen molar-refractivity contribution in [3.8, 4) is 17.2 Å². The summed E-state index contributed by atoms with van der Waals surface area (Å²) >= 11 is 9.78. The SMILES string of the molecule is COc1cc(Cn2c(N(C)C(C)=O)nc3c(Cl)ncnc32)c(Br)c(OC)c1OC. The number of halogens is 2. The molecule has 0 fully saturated rings. The molecule has 0 spiro atoms. The number of imidazole rings is 1. The molecule has 3 aromatic rings. The van der Waals surface area contributed by atoms with E-state index >= 15 is 0 Å². The number of hydrogen-bond donors (Lipinski definition) is 0. The van der Waals surface area contributed by atoms with Crippen LogP contribution in [0, 0.1) is 0 Å². The first-order valence-electron chi connectivity index (χ1n) is 8.42. The van der Waals surface area contributed by atoms with Gasteiger partial charge in [0.05, 0.1) is 32.3 Å². The maximum absolute atomic E-state index is 12.0. The van der Waals surface area contributed by atoms with Gasteiger partial charge < -0.3 is 14.2 Å². The quantitative estimate of drug-likeness (QED) is 0.496. The van der Waals surface area contributed by atoms with E-state index < -0.39 is 0 Å². The summed E-state index contributed by atoms with van der Waals surface area (Å²) in [5, 5.41) is 0.205. The normalized spacial score (nSPS) is 10.9. The van der Waals surface area contributed by atoms with Gasteiger partial charge in [0, 0.05) is 14.0 Å². The van der Waals surface area contributed by atoms with E-state index in [4.69, 9.17) is 25.8 Å². The maximum atomic E-state index is 12.0. The van der Waals surface area contributed by atoms with Gasteiger partial charge in [0.2, 0.25) is 17.6 Å². The van der Waals surface area contributed by atoms with Gasteiger partial charge in [0.15, 0.2) is 22.3 Å². The minimum Gasteiger partial charge on any atom is -0.493 e. The van der Waals surface area contributed by atoms with Gasteiger partial charge in [-0.1, -0.05) is 11.6 Å². The summed E-state index contributed by atoms with van der Waals surface area (Å²) in [5.41, 5.74) is 1.70. The first-order chi connectivity index (χ1) is 13.8. The largest absolute Gasteiger partial charge is 0.493 e. The van der Waals surface area contributed by atoms with Crippen LogP contribution in [-0.4, -0.2) is 53.8 Å². The van der Waals surface area contributed by atoms with Crippen LogP contribution in [0.4, 0.5) is 5.95 Å². The molecule has 154 valence electrons. The van der Waals surface area contributed by atoms with Crippen LogP contribution >= 0.6 is 27.5 Å². The number of fused-ring (bicyclic) bond motifs is 1. The number of anilines is 1. The van der Waals surface area contributed by atoms with E-state index in [0.29, 0.717) is 45.4 Å². The fourth-order valence-corrected chi connectivity index (χ4v) is 3.65. The first kappa shape index (κ1) is 21.1. The zero-order valence-electron chi connectivity index (χ0n) is 16.5. The van der Waals surface area contributed by atoms with Crippen molar-refractivity contribution in [3.05, 3.63) is 27.6 Å². The fourth-order valence-electron chi connectivity index (χ4n) is 2.90. The molecule has 0 bridgehead atoms. The monoisotopic (exact) mass is 483 g/mol. The Morgan fingerprint density at radius 3 is 2.48 bits per heavy atom. The second-order valence-electron chi connectivity index (χ2n) is 6.03. The molecule has 0 unspecified atom stereocenters. The van der Waals surface area contributed by atoms with Gasteiger partial charge in [0.25, 0.3) is 0 Å². The lowest BCUT2D eigenvalue weighted by atomic mass is 10.1. The lowest BCUT2D eigenvalue weighted by Crippen LogP contribution is -2.26. The van der Waals surface area contributed by atoms with Crippen molar-refractivity contribution < 1.29 is 19.0 Å². The summed E-state index contributed by atoms with van der Waals surface area (Å²) < 4.78 is 18.8. The van der Waals surface area contributed by atoms with Crippen LogP contribution in [0.15, 0.2) is 16.9 Å². The Balaban J connectivity index is 2.24. The standard InChI is InChI=1S/C18H19BrClN5O4/c1-9(26)24(2)18-23-13-16(20)21-8-22-17(13)25(18)7-10-6-11(27-3)14(28-4)15(29-5)12(10)19/h6,8H,7H2,1-5H3. The van der Waals surface area contributed by atoms with E-state index in [1.54, 1.807) is 25.8 Å². The Kier molecular flexibility index (Phi) is 6.13. The number of hydrogen-bond acceptors (Lipinski definition) is 7. The zero-order chi connectivity index (χ0) is 21.3. The van der Waals surface area contributed by atoms with Crippen molar-refractivity contribution in [1.82, 2.24) is 19.5 Å². The van der Waals surface area contributed by atoms with Crippen LogP contribution in [0.2, 0.25) is 5.15 Å². The average molecular weight is 485 g/mol. The molecule has 3 rings (SSSR count). The molecule has 2 aromatic heterocycles. The average Bonchev–Trinajstić information content (AvgIpc) is 3.07. The molecule has 29 heavy (non-hydrogen) atoms.